The van der Waals surface area contributed by atoms with Crippen LogP contribution in [0.5, 0.6) is 0 Å². The summed E-state index contributed by atoms with van der Waals surface area (Å²) >= 11 is 0. The predicted octanol–water partition coefficient (Wildman–Crippen LogP) is 0.956. The van der Waals surface area contributed by atoms with Gasteiger partial charge >= 0.3 is 5.69 Å². The molecule has 17 heavy (non-hydrogen) atoms. The van der Waals surface area contributed by atoms with Gasteiger partial charge < -0.3 is 5.32 Å². The highest BCUT2D eigenvalue weighted by Crippen LogP contribution is 2.12. The third-order valence-electron chi connectivity index (χ3n) is 2.27. The van der Waals surface area contributed by atoms with Crippen LogP contribution >= 0.6 is 0 Å². The molecule has 0 radical (unpaired) electrons. The molecule has 0 aliphatic heterocycles. The van der Waals surface area contributed by atoms with E-state index in [1.807, 2.05) is 0 Å². The number of H-pyrrole nitrogens is 1. The molecule has 0 fully saturated rings. The molecule has 0 atom stereocenters. The van der Waals surface area contributed by atoms with Crippen LogP contribution in [0.3, 0.4) is 0 Å². The molecule has 1 heterocycles. The number of nitrogens with one attached hydrogen (secondary N) is 2. The zero-order chi connectivity index (χ0) is 12.4. The number of aromatic amines is 1. The third-order valence-corrected chi connectivity index (χ3v) is 2.27. The van der Waals surface area contributed by atoms with Crippen molar-refractivity contribution in [2.45, 2.75) is 0 Å². The van der Waals surface area contributed by atoms with Crippen molar-refractivity contribution in [1.29, 1.82) is 0 Å². The number of halogens is 1. The SMILES string of the molecule is Cn1c(=O)cc(Nc2ccc(F)cc2)[nH]c1=O. The zero-order valence-corrected chi connectivity index (χ0v) is 9.03. The molecular formula is C11H10FN3O2. The van der Waals surface area contributed by atoms with Crippen molar-refractivity contribution in [3.05, 3.63) is 57.0 Å². The molecule has 0 aliphatic rings. The number of hydrogen-bond donors (Lipinski definition) is 2. The van der Waals surface area contributed by atoms with E-state index in [-0.39, 0.29) is 11.6 Å². The summed E-state index contributed by atoms with van der Waals surface area (Å²) in [6, 6.07) is 6.82. The van der Waals surface area contributed by atoms with E-state index in [1.54, 1.807) is 0 Å². The monoisotopic (exact) mass is 235 g/mol. The normalized spacial score (nSPS) is 10.2. The van der Waals surface area contributed by atoms with Crippen molar-refractivity contribution in [1.82, 2.24) is 9.55 Å². The first-order valence-electron chi connectivity index (χ1n) is 4.89. The number of aromatic nitrogens is 2. The zero-order valence-electron chi connectivity index (χ0n) is 9.03. The summed E-state index contributed by atoms with van der Waals surface area (Å²) in [5.74, 6) is -0.0854. The number of benzene rings is 1. The van der Waals surface area contributed by atoms with Crippen molar-refractivity contribution < 1.29 is 4.39 Å². The Morgan fingerprint density at radius 1 is 1.24 bits per heavy atom. The Balaban J connectivity index is 2.34. The molecular weight excluding hydrogens is 225 g/mol. The maximum Gasteiger partial charge on any atom is 0.329 e. The second-order valence-electron chi connectivity index (χ2n) is 3.52. The van der Waals surface area contributed by atoms with E-state index >= 15 is 0 Å². The summed E-state index contributed by atoms with van der Waals surface area (Å²) in [4.78, 5) is 25.1. The van der Waals surface area contributed by atoms with Gasteiger partial charge in [-0.25, -0.2) is 9.18 Å². The van der Waals surface area contributed by atoms with E-state index in [0.29, 0.717) is 5.69 Å². The van der Waals surface area contributed by atoms with Gasteiger partial charge in [-0.3, -0.25) is 14.3 Å². The van der Waals surface area contributed by atoms with E-state index < -0.39 is 11.2 Å². The van der Waals surface area contributed by atoms with Crippen LogP contribution in [0.4, 0.5) is 15.9 Å². The van der Waals surface area contributed by atoms with Crippen LogP contribution in [0, 0.1) is 5.82 Å². The van der Waals surface area contributed by atoms with Crippen LogP contribution in [0.25, 0.3) is 0 Å². The molecule has 88 valence electrons. The van der Waals surface area contributed by atoms with Crippen molar-refractivity contribution >= 4 is 11.5 Å². The van der Waals surface area contributed by atoms with Crippen molar-refractivity contribution in [2.75, 3.05) is 5.32 Å². The lowest BCUT2D eigenvalue weighted by Crippen LogP contribution is -2.32. The maximum atomic E-state index is 12.7. The van der Waals surface area contributed by atoms with E-state index in [4.69, 9.17) is 0 Å². The van der Waals surface area contributed by atoms with E-state index in [0.717, 1.165) is 4.57 Å². The Hall–Kier alpha value is -2.37. The summed E-state index contributed by atoms with van der Waals surface area (Å²) in [6.45, 7) is 0. The van der Waals surface area contributed by atoms with Crippen molar-refractivity contribution in [2.24, 2.45) is 7.05 Å². The summed E-state index contributed by atoms with van der Waals surface area (Å²) in [5, 5.41) is 2.80. The molecule has 1 aromatic carbocycles. The molecule has 0 aliphatic carbocycles. The first kappa shape index (κ1) is 11.1. The highest BCUT2D eigenvalue weighted by Gasteiger charge is 2.01. The van der Waals surface area contributed by atoms with Crippen LogP contribution in [0.2, 0.25) is 0 Å². The smallest absolute Gasteiger partial charge is 0.329 e. The first-order valence-corrected chi connectivity index (χ1v) is 4.89. The molecule has 0 unspecified atom stereocenters. The minimum atomic E-state index is -0.512. The van der Waals surface area contributed by atoms with E-state index in [9.17, 15) is 14.0 Å². The van der Waals surface area contributed by atoms with Gasteiger partial charge in [0.05, 0.1) is 0 Å². The Bertz CT molecular complexity index is 612. The molecule has 0 saturated heterocycles. The van der Waals surface area contributed by atoms with Gasteiger partial charge in [0.15, 0.2) is 0 Å². The maximum absolute atomic E-state index is 12.7. The van der Waals surface area contributed by atoms with Crippen LogP contribution in [-0.2, 0) is 7.05 Å². The number of nitrogens with zero attached hydrogens (tertiary/aromatic N) is 1. The second kappa shape index (κ2) is 4.25. The minimum Gasteiger partial charge on any atom is -0.342 e. The molecule has 2 N–H and O–H groups in total. The summed E-state index contributed by atoms with van der Waals surface area (Å²) in [7, 11) is 1.38. The average molecular weight is 235 g/mol. The summed E-state index contributed by atoms with van der Waals surface area (Å²) < 4.78 is 13.6. The van der Waals surface area contributed by atoms with Gasteiger partial charge in [-0.2, -0.15) is 0 Å². The molecule has 6 heteroatoms. The Labute approximate surface area is 95.5 Å². The van der Waals surface area contributed by atoms with Gasteiger partial charge in [-0.05, 0) is 24.3 Å². The Morgan fingerprint density at radius 3 is 2.47 bits per heavy atom. The molecule has 0 saturated carbocycles. The third kappa shape index (κ3) is 2.41. The molecule has 1 aromatic heterocycles. The fourth-order valence-electron chi connectivity index (χ4n) is 1.31. The van der Waals surface area contributed by atoms with Crippen molar-refractivity contribution in [3.63, 3.8) is 0 Å². The lowest BCUT2D eigenvalue weighted by atomic mass is 10.3. The van der Waals surface area contributed by atoms with Crippen LogP contribution < -0.4 is 16.6 Å². The van der Waals surface area contributed by atoms with Gasteiger partial charge in [0.25, 0.3) is 5.56 Å². The standard InChI is InChI=1S/C11H10FN3O2/c1-15-10(16)6-9(14-11(15)17)13-8-4-2-7(12)3-5-8/h2-6,13H,1H3,(H,14,17). The summed E-state index contributed by atoms with van der Waals surface area (Å²) in [5.41, 5.74) is -0.351. The minimum absolute atomic E-state index is 0.268. The Kier molecular flexibility index (Phi) is 2.78. The average Bonchev–Trinajstić information content (AvgIpc) is 2.29. The van der Waals surface area contributed by atoms with E-state index in [2.05, 4.69) is 10.3 Å². The predicted molar refractivity (Wildman–Crippen MR) is 62.0 cm³/mol. The molecule has 2 rings (SSSR count). The van der Waals surface area contributed by atoms with Crippen LogP contribution in [-0.4, -0.2) is 9.55 Å². The molecule has 5 nitrogen and oxygen atoms in total. The van der Waals surface area contributed by atoms with Crippen LogP contribution in [0.15, 0.2) is 39.9 Å². The highest BCUT2D eigenvalue weighted by atomic mass is 19.1. The second-order valence-corrected chi connectivity index (χ2v) is 3.52. The lowest BCUT2D eigenvalue weighted by Gasteiger charge is -2.06. The van der Waals surface area contributed by atoms with Crippen molar-refractivity contribution in [3.8, 4) is 0 Å². The van der Waals surface area contributed by atoms with Gasteiger partial charge in [-0.15, -0.1) is 0 Å². The molecule has 0 amide bonds. The van der Waals surface area contributed by atoms with Gasteiger partial charge in [0.2, 0.25) is 0 Å². The van der Waals surface area contributed by atoms with Crippen LogP contribution in [0.1, 0.15) is 0 Å². The Morgan fingerprint density at radius 2 is 1.88 bits per heavy atom. The summed E-state index contributed by atoms with van der Waals surface area (Å²) in [6.07, 6.45) is 0. The van der Waals surface area contributed by atoms with E-state index in [1.165, 1.54) is 37.4 Å². The van der Waals surface area contributed by atoms with Gasteiger partial charge in [0, 0.05) is 18.8 Å². The number of anilines is 2. The topological polar surface area (TPSA) is 66.9 Å². The largest absolute Gasteiger partial charge is 0.342 e. The van der Waals surface area contributed by atoms with Gasteiger partial charge in [-0.1, -0.05) is 0 Å². The number of rotatable bonds is 2. The fourth-order valence-corrected chi connectivity index (χ4v) is 1.31. The molecule has 0 spiro atoms. The number of hydrogen-bond acceptors (Lipinski definition) is 3. The van der Waals surface area contributed by atoms with Gasteiger partial charge in [0.1, 0.15) is 11.6 Å². The molecule has 2 aromatic rings. The quantitative estimate of drug-likeness (QED) is 0.814. The fraction of sp³-hybridized carbons (Fsp3) is 0.0909. The molecule has 0 bridgehead atoms. The highest BCUT2D eigenvalue weighted by molar-refractivity contribution is 5.55. The lowest BCUT2D eigenvalue weighted by molar-refractivity contribution is 0.628. The first-order chi connectivity index (χ1) is 8.06.